The SMILES string of the molecule is CC(CCC(=O)O)NC(=O)NCC1(C)CCCS1. The van der Waals surface area contributed by atoms with Crippen LogP contribution >= 0.6 is 11.8 Å². The molecule has 104 valence electrons. The first-order valence-electron chi connectivity index (χ1n) is 6.31. The Morgan fingerprint density at radius 3 is 2.78 bits per heavy atom. The highest BCUT2D eigenvalue weighted by molar-refractivity contribution is 8.00. The van der Waals surface area contributed by atoms with Gasteiger partial charge >= 0.3 is 12.0 Å². The molecule has 1 fully saturated rings. The van der Waals surface area contributed by atoms with E-state index in [-0.39, 0.29) is 23.2 Å². The van der Waals surface area contributed by atoms with Gasteiger partial charge in [0.2, 0.25) is 0 Å². The third-order valence-electron chi connectivity index (χ3n) is 3.09. The molecule has 0 bridgehead atoms. The molecular formula is C12H22N2O3S. The van der Waals surface area contributed by atoms with Gasteiger partial charge in [0.15, 0.2) is 0 Å². The number of carbonyl (C=O) groups is 2. The second kappa shape index (κ2) is 6.87. The molecule has 2 amide bonds. The Kier molecular flexibility index (Phi) is 5.78. The van der Waals surface area contributed by atoms with Crippen LogP contribution in [0.2, 0.25) is 0 Å². The largest absolute Gasteiger partial charge is 0.481 e. The topological polar surface area (TPSA) is 78.4 Å². The number of carboxylic acid groups (broad SMARTS) is 1. The van der Waals surface area contributed by atoms with Crippen LogP contribution in [0.25, 0.3) is 0 Å². The molecule has 0 aromatic heterocycles. The molecule has 1 saturated heterocycles. The van der Waals surface area contributed by atoms with Gasteiger partial charge in [-0.05, 0) is 38.9 Å². The second-order valence-corrected chi connectivity index (χ2v) is 6.74. The van der Waals surface area contributed by atoms with E-state index >= 15 is 0 Å². The molecule has 1 rings (SSSR count). The Balaban J connectivity index is 2.18. The van der Waals surface area contributed by atoms with E-state index in [4.69, 9.17) is 5.11 Å². The predicted octanol–water partition coefficient (Wildman–Crippen LogP) is 1.82. The number of hydrogen-bond acceptors (Lipinski definition) is 3. The zero-order chi connectivity index (χ0) is 13.6. The summed E-state index contributed by atoms with van der Waals surface area (Å²) in [4.78, 5) is 22.0. The highest BCUT2D eigenvalue weighted by atomic mass is 32.2. The van der Waals surface area contributed by atoms with Crippen molar-refractivity contribution >= 4 is 23.8 Å². The highest BCUT2D eigenvalue weighted by Crippen LogP contribution is 2.36. The van der Waals surface area contributed by atoms with Crippen molar-refractivity contribution < 1.29 is 14.7 Å². The molecule has 1 aliphatic rings. The first kappa shape index (κ1) is 15.1. The summed E-state index contributed by atoms with van der Waals surface area (Å²) in [7, 11) is 0. The Hall–Kier alpha value is -0.910. The molecule has 6 heteroatoms. The molecule has 0 aromatic carbocycles. The minimum Gasteiger partial charge on any atom is -0.481 e. The molecule has 2 atom stereocenters. The van der Waals surface area contributed by atoms with Gasteiger partial charge in [0.05, 0.1) is 0 Å². The van der Waals surface area contributed by atoms with E-state index in [1.165, 1.54) is 6.42 Å². The lowest BCUT2D eigenvalue weighted by Gasteiger charge is -2.23. The molecule has 0 radical (unpaired) electrons. The van der Waals surface area contributed by atoms with E-state index in [0.717, 1.165) is 12.2 Å². The molecular weight excluding hydrogens is 252 g/mol. The number of urea groups is 1. The van der Waals surface area contributed by atoms with Gasteiger partial charge in [-0.2, -0.15) is 11.8 Å². The number of thioether (sulfide) groups is 1. The molecule has 0 aromatic rings. The predicted molar refractivity (Wildman–Crippen MR) is 73.0 cm³/mol. The fourth-order valence-corrected chi connectivity index (χ4v) is 3.17. The number of carboxylic acids is 1. The first-order valence-corrected chi connectivity index (χ1v) is 7.30. The standard InChI is InChI=1S/C12H22N2O3S/c1-9(4-5-10(15)16)14-11(17)13-8-12(2)6-3-7-18-12/h9H,3-8H2,1-2H3,(H,15,16)(H2,13,14,17). The molecule has 3 N–H and O–H groups in total. The molecule has 0 aliphatic carbocycles. The maximum absolute atomic E-state index is 11.6. The number of carbonyl (C=O) groups excluding carboxylic acids is 1. The zero-order valence-electron chi connectivity index (χ0n) is 11.0. The van der Waals surface area contributed by atoms with Crippen LogP contribution in [0.1, 0.15) is 39.5 Å². The minimum atomic E-state index is -0.834. The van der Waals surface area contributed by atoms with Crippen molar-refractivity contribution in [1.82, 2.24) is 10.6 Å². The normalized spacial score (nSPS) is 24.6. The maximum atomic E-state index is 11.6. The van der Waals surface area contributed by atoms with Crippen molar-refractivity contribution in [2.45, 2.75) is 50.3 Å². The Bertz CT molecular complexity index is 304. The van der Waals surface area contributed by atoms with Crippen molar-refractivity contribution in [3.63, 3.8) is 0 Å². The van der Waals surface area contributed by atoms with Crippen LogP contribution < -0.4 is 10.6 Å². The van der Waals surface area contributed by atoms with E-state index in [0.29, 0.717) is 13.0 Å². The number of amides is 2. The molecule has 1 aliphatic heterocycles. The van der Waals surface area contributed by atoms with Gasteiger partial charge in [0.1, 0.15) is 0 Å². The second-order valence-electron chi connectivity index (χ2n) is 5.06. The number of nitrogens with one attached hydrogen (secondary N) is 2. The molecule has 0 spiro atoms. The van der Waals surface area contributed by atoms with Crippen molar-refractivity contribution in [2.24, 2.45) is 0 Å². The van der Waals surface area contributed by atoms with Gasteiger partial charge in [0.25, 0.3) is 0 Å². The third kappa shape index (κ3) is 5.62. The summed E-state index contributed by atoms with van der Waals surface area (Å²) in [6.07, 6.45) is 2.87. The summed E-state index contributed by atoms with van der Waals surface area (Å²) in [5.74, 6) is 0.327. The van der Waals surface area contributed by atoms with Crippen molar-refractivity contribution in [1.29, 1.82) is 0 Å². The average Bonchev–Trinajstić information content (AvgIpc) is 2.72. The van der Waals surface area contributed by atoms with Gasteiger partial charge in [0, 0.05) is 23.8 Å². The lowest BCUT2D eigenvalue weighted by molar-refractivity contribution is -0.137. The highest BCUT2D eigenvalue weighted by Gasteiger charge is 2.29. The van der Waals surface area contributed by atoms with E-state index in [2.05, 4.69) is 17.6 Å². The first-order chi connectivity index (χ1) is 8.41. The number of rotatable bonds is 6. The van der Waals surface area contributed by atoms with Crippen molar-refractivity contribution in [3.8, 4) is 0 Å². The molecule has 2 unspecified atom stereocenters. The average molecular weight is 274 g/mol. The van der Waals surface area contributed by atoms with Gasteiger partial charge in [-0.1, -0.05) is 0 Å². The van der Waals surface area contributed by atoms with Crippen LogP contribution in [-0.4, -0.2) is 40.2 Å². The molecule has 1 heterocycles. The quantitative estimate of drug-likeness (QED) is 0.690. The summed E-state index contributed by atoms with van der Waals surface area (Å²) in [5, 5.41) is 14.2. The van der Waals surface area contributed by atoms with Crippen LogP contribution in [-0.2, 0) is 4.79 Å². The van der Waals surface area contributed by atoms with Crippen LogP contribution in [0, 0.1) is 0 Å². The van der Waals surface area contributed by atoms with E-state index in [9.17, 15) is 9.59 Å². The lowest BCUT2D eigenvalue weighted by Crippen LogP contribution is -2.45. The summed E-state index contributed by atoms with van der Waals surface area (Å²) in [6, 6.07) is -0.327. The molecule has 5 nitrogen and oxygen atoms in total. The van der Waals surface area contributed by atoms with E-state index in [1.807, 2.05) is 18.7 Å². The van der Waals surface area contributed by atoms with E-state index in [1.54, 1.807) is 0 Å². The summed E-state index contributed by atoms with van der Waals surface area (Å²) < 4.78 is 0.154. The number of aliphatic carboxylic acids is 1. The van der Waals surface area contributed by atoms with Crippen molar-refractivity contribution in [3.05, 3.63) is 0 Å². The Labute approximate surface area is 112 Å². The fraction of sp³-hybridized carbons (Fsp3) is 0.833. The van der Waals surface area contributed by atoms with Gasteiger partial charge < -0.3 is 15.7 Å². The van der Waals surface area contributed by atoms with Crippen LogP contribution in [0.3, 0.4) is 0 Å². The fourth-order valence-electron chi connectivity index (χ4n) is 1.93. The summed E-state index contributed by atoms with van der Waals surface area (Å²) >= 11 is 1.90. The summed E-state index contributed by atoms with van der Waals surface area (Å²) in [5.41, 5.74) is 0. The Morgan fingerprint density at radius 2 is 2.22 bits per heavy atom. The van der Waals surface area contributed by atoms with Crippen LogP contribution in [0.5, 0.6) is 0 Å². The van der Waals surface area contributed by atoms with Gasteiger partial charge in [-0.15, -0.1) is 0 Å². The van der Waals surface area contributed by atoms with Gasteiger partial charge in [-0.3, -0.25) is 4.79 Å². The molecule has 18 heavy (non-hydrogen) atoms. The van der Waals surface area contributed by atoms with Gasteiger partial charge in [-0.25, -0.2) is 4.79 Å². The molecule has 0 saturated carbocycles. The maximum Gasteiger partial charge on any atom is 0.315 e. The monoisotopic (exact) mass is 274 g/mol. The van der Waals surface area contributed by atoms with E-state index < -0.39 is 5.97 Å². The van der Waals surface area contributed by atoms with Crippen molar-refractivity contribution in [2.75, 3.05) is 12.3 Å². The van der Waals surface area contributed by atoms with Crippen LogP contribution in [0.15, 0.2) is 0 Å². The van der Waals surface area contributed by atoms with Crippen LogP contribution in [0.4, 0.5) is 4.79 Å². The number of hydrogen-bond donors (Lipinski definition) is 3. The minimum absolute atomic E-state index is 0.0784. The Morgan fingerprint density at radius 1 is 1.50 bits per heavy atom. The summed E-state index contributed by atoms with van der Waals surface area (Å²) in [6.45, 7) is 4.64. The third-order valence-corrected chi connectivity index (χ3v) is 4.63. The smallest absolute Gasteiger partial charge is 0.315 e. The lowest BCUT2D eigenvalue weighted by atomic mass is 10.1. The zero-order valence-corrected chi connectivity index (χ0v) is 11.8.